The first-order valence-electron chi connectivity index (χ1n) is 10.7. The van der Waals surface area contributed by atoms with E-state index in [1.54, 1.807) is 0 Å². The minimum Gasteiger partial charge on any atom is -0.379 e. The summed E-state index contributed by atoms with van der Waals surface area (Å²) in [6.45, 7) is 7.63. The van der Waals surface area contributed by atoms with Crippen LogP contribution >= 0.6 is 0 Å². The molecule has 1 aliphatic rings. The number of aryl methyl sites for hydroxylation is 1. The standard InChI is InChI=1S/C23H32N4O3S/c1-3-24-23(25-16-20-10-8-19(2)9-11-20)26-17-21-6-4-5-7-22(21)18-31(28,29)27-12-14-30-15-13-27/h4-11H,3,12-18H2,1-2H3,(H2,24,25,26). The van der Waals surface area contributed by atoms with Crippen molar-refractivity contribution in [2.24, 2.45) is 4.99 Å². The van der Waals surface area contributed by atoms with Crippen LogP contribution in [0.3, 0.4) is 0 Å². The molecule has 168 valence electrons. The second kappa shape index (κ2) is 11.3. The highest BCUT2D eigenvalue weighted by Crippen LogP contribution is 2.16. The number of guanidine groups is 1. The lowest BCUT2D eigenvalue weighted by Crippen LogP contribution is -2.41. The maximum atomic E-state index is 12.8. The van der Waals surface area contributed by atoms with E-state index in [-0.39, 0.29) is 5.75 Å². The van der Waals surface area contributed by atoms with Crippen LogP contribution in [0.5, 0.6) is 0 Å². The third-order valence-electron chi connectivity index (χ3n) is 5.15. The topological polar surface area (TPSA) is 83.0 Å². The maximum Gasteiger partial charge on any atom is 0.218 e. The summed E-state index contributed by atoms with van der Waals surface area (Å²) in [6, 6.07) is 16.0. The van der Waals surface area contributed by atoms with Crippen molar-refractivity contribution in [1.82, 2.24) is 14.9 Å². The lowest BCUT2D eigenvalue weighted by molar-refractivity contribution is 0.0729. The Labute approximate surface area is 185 Å². The van der Waals surface area contributed by atoms with E-state index in [2.05, 4.69) is 46.8 Å². The molecule has 0 spiro atoms. The SMILES string of the molecule is CCNC(=NCc1ccc(C)cc1)NCc1ccccc1CS(=O)(=O)N1CCOCC1. The molecule has 8 heteroatoms. The van der Waals surface area contributed by atoms with Gasteiger partial charge in [0.15, 0.2) is 5.96 Å². The number of ether oxygens (including phenoxy) is 1. The smallest absolute Gasteiger partial charge is 0.218 e. The highest BCUT2D eigenvalue weighted by Gasteiger charge is 2.25. The number of hydrogen-bond acceptors (Lipinski definition) is 4. The number of benzene rings is 2. The van der Waals surface area contributed by atoms with Gasteiger partial charge in [-0.15, -0.1) is 0 Å². The first-order valence-corrected chi connectivity index (χ1v) is 12.3. The normalized spacial score (nSPS) is 15.6. The van der Waals surface area contributed by atoms with Gasteiger partial charge in [0.05, 0.1) is 25.5 Å². The fourth-order valence-corrected chi connectivity index (χ4v) is 4.93. The Balaban J connectivity index is 1.66. The molecule has 0 unspecified atom stereocenters. The van der Waals surface area contributed by atoms with Gasteiger partial charge in [-0.25, -0.2) is 13.4 Å². The Kier molecular flexibility index (Phi) is 8.45. The lowest BCUT2D eigenvalue weighted by atomic mass is 10.1. The van der Waals surface area contributed by atoms with Gasteiger partial charge in [-0.3, -0.25) is 0 Å². The van der Waals surface area contributed by atoms with Gasteiger partial charge >= 0.3 is 0 Å². The Hall–Kier alpha value is -2.42. The van der Waals surface area contributed by atoms with Crippen molar-refractivity contribution in [3.63, 3.8) is 0 Å². The predicted octanol–water partition coefficient (Wildman–Crippen LogP) is 2.41. The van der Waals surface area contributed by atoms with Crippen LogP contribution in [0.25, 0.3) is 0 Å². The summed E-state index contributed by atoms with van der Waals surface area (Å²) < 4.78 is 32.5. The van der Waals surface area contributed by atoms with Crippen LogP contribution in [-0.4, -0.2) is 51.5 Å². The van der Waals surface area contributed by atoms with Crippen molar-refractivity contribution in [2.75, 3.05) is 32.8 Å². The molecule has 0 atom stereocenters. The lowest BCUT2D eigenvalue weighted by Gasteiger charge is -2.26. The molecular formula is C23H32N4O3S. The Morgan fingerprint density at radius 2 is 1.71 bits per heavy atom. The molecule has 31 heavy (non-hydrogen) atoms. The van der Waals surface area contributed by atoms with Gasteiger partial charge in [0.1, 0.15) is 0 Å². The number of rotatable bonds is 8. The van der Waals surface area contributed by atoms with Crippen molar-refractivity contribution < 1.29 is 13.2 Å². The van der Waals surface area contributed by atoms with Crippen LogP contribution < -0.4 is 10.6 Å². The second-order valence-electron chi connectivity index (χ2n) is 7.57. The van der Waals surface area contributed by atoms with Gasteiger partial charge in [0.2, 0.25) is 10.0 Å². The van der Waals surface area contributed by atoms with Crippen molar-refractivity contribution in [1.29, 1.82) is 0 Å². The first-order chi connectivity index (χ1) is 15.0. The van der Waals surface area contributed by atoms with E-state index in [4.69, 9.17) is 4.74 Å². The minimum atomic E-state index is -3.38. The van der Waals surface area contributed by atoms with Crippen LogP contribution in [0.15, 0.2) is 53.5 Å². The fraction of sp³-hybridized carbons (Fsp3) is 0.435. The van der Waals surface area contributed by atoms with Crippen LogP contribution in [0.1, 0.15) is 29.2 Å². The Morgan fingerprint density at radius 1 is 1.03 bits per heavy atom. The van der Waals surface area contributed by atoms with Crippen molar-refractivity contribution in [3.05, 3.63) is 70.8 Å². The van der Waals surface area contributed by atoms with Crippen LogP contribution in [-0.2, 0) is 33.6 Å². The third kappa shape index (κ3) is 7.05. The summed E-state index contributed by atoms with van der Waals surface area (Å²) in [5.41, 5.74) is 4.11. The van der Waals surface area contributed by atoms with E-state index >= 15 is 0 Å². The molecule has 2 aromatic carbocycles. The minimum absolute atomic E-state index is 0.0120. The molecular weight excluding hydrogens is 412 g/mol. The van der Waals surface area contributed by atoms with Gasteiger partial charge in [-0.1, -0.05) is 54.1 Å². The zero-order valence-electron chi connectivity index (χ0n) is 18.3. The third-order valence-corrected chi connectivity index (χ3v) is 6.98. The molecule has 3 rings (SSSR count). The van der Waals surface area contributed by atoms with Crippen molar-refractivity contribution in [2.45, 2.75) is 32.7 Å². The summed E-state index contributed by atoms with van der Waals surface area (Å²) >= 11 is 0. The van der Waals surface area contributed by atoms with Crippen LogP contribution in [0, 0.1) is 6.92 Å². The second-order valence-corrected chi connectivity index (χ2v) is 9.54. The van der Waals surface area contributed by atoms with Gasteiger partial charge < -0.3 is 15.4 Å². The van der Waals surface area contributed by atoms with Gasteiger partial charge in [-0.05, 0) is 30.5 Å². The summed E-state index contributed by atoms with van der Waals surface area (Å²) in [6.07, 6.45) is 0. The average Bonchev–Trinajstić information content (AvgIpc) is 2.78. The first kappa shape index (κ1) is 23.2. The van der Waals surface area contributed by atoms with E-state index < -0.39 is 10.0 Å². The van der Waals surface area contributed by atoms with Crippen LogP contribution in [0.4, 0.5) is 0 Å². The molecule has 1 saturated heterocycles. The number of aliphatic imine (C=N–C) groups is 1. The molecule has 0 radical (unpaired) electrons. The quantitative estimate of drug-likeness (QED) is 0.483. The van der Waals surface area contributed by atoms with E-state index in [1.165, 1.54) is 9.87 Å². The van der Waals surface area contributed by atoms with E-state index in [9.17, 15) is 8.42 Å². The molecule has 0 saturated carbocycles. The van der Waals surface area contributed by atoms with E-state index in [1.807, 2.05) is 31.2 Å². The van der Waals surface area contributed by atoms with E-state index in [0.717, 1.165) is 23.2 Å². The molecule has 1 heterocycles. The largest absolute Gasteiger partial charge is 0.379 e. The van der Waals surface area contributed by atoms with Crippen molar-refractivity contribution >= 4 is 16.0 Å². The van der Waals surface area contributed by atoms with Gasteiger partial charge in [-0.2, -0.15) is 4.31 Å². The fourth-order valence-electron chi connectivity index (χ4n) is 3.37. The highest BCUT2D eigenvalue weighted by molar-refractivity contribution is 7.88. The average molecular weight is 445 g/mol. The molecule has 0 bridgehead atoms. The van der Waals surface area contributed by atoms with Crippen LogP contribution in [0.2, 0.25) is 0 Å². The maximum absolute atomic E-state index is 12.8. The molecule has 2 N–H and O–H groups in total. The number of nitrogens with zero attached hydrogens (tertiary/aromatic N) is 2. The summed E-state index contributed by atoms with van der Waals surface area (Å²) in [4.78, 5) is 4.66. The molecule has 2 aromatic rings. The summed E-state index contributed by atoms with van der Waals surface area (Å²) in [7, 11) is -3.38. The molecule has 1 fully saturated rings. The number of morpholine rings is 1. The number of nitrogens with one attached hydrogen (secondary N) is 2. The zero-order chi connectivity index (χ0) is 22.1. The monoisotopic (exact) mass is 444 g/mol. The van der Waals surface area contributed by atoms with Gasteiger partial charge in [0, 0.05) is 26.2 Å². The molecule has 0 amide bonds. The molecule has 1 aliphatic heterocycles. The molecule has 0 aliphatic carbocycles. The summed E-state index contributed by atoms with van der Waals surface area (Å²) in [5, 5.41) is 6.59. The van der Waals surface area contributed by atoms with E-state index in [0.29, 0.717) is 45.4 Å². The highest BCUT2D eigenvalue weighted by atomic mass is 32.2. The van der Waals surface area contributed by atoms with Crippen molar-refractivity contribution in [3.8, 4) is 0 Å². The summed E-state index contributed by atoms with van der Waals surface area (Å²) in [5.74, 6) is 0.691. The zero-order valence-corrected chi connectivity index (χ0v) is 19.1. The molecule has 0 aromatic heterocycles. The Bertz CT molecular complexity index is 969. The number of sulfonamides is 1. The molecule has 7 nitrogen and oxygen atoms in total. The Morgan fingerprint density at radius 3 is 2.39 bits per heavy atom. The van der Waals surface area contributed by atoms with Gasteiger partial charge in [0.25, 0.3) is 0 Å². The predicted molar refractivity (Wildman–Crippen MR) is 124 cm³/mol. The number of hydrogen-bond donors (Lipinski definition) is 2.